The predicted molar refractivity (Wildman–Crippen MR) is 289 cm³/mol. The highest BCUT2D eigenvalue weighted by Gasteiger charge is 2.42. The molecule has 2 atom stereocenters. The molecule has 2 N–H and O–H groups in total. The molecule has 75 heavy (non-hydrogen) atoms. The van der Waals surface area contributed by atoms with Gasteiger partial charge < -0.3 is 47.4 Å². The molecular formula is C53H56O16S6. The van der Waals surface area contributed by atoms with E-state index in [0.29, 0.717) is 84.3 Å². The largest absolute Gasteiger partial charge is 0.486 e. The normalized spacial score (nSPS) is 17.1. The highest BCUT2D eigenvalue weighted by molar-refractivity contribution is 7.86. The fourth-order valence-electron chi connectivity index (χ4n) is 9.06. The van der Waals surface area contributed by atoms with Gasteiger partial charge in [-0.25, -0.2) is 0 Å². The molecule has 2 aromatic carbocycles. The van der Waals surface area contributed by atoms with Crippen LogP contribution in [0.4, 0.5) is 0 Å². The van der Waals surface area contributed by atoms with Crippen molar-refractivity contribution < 1.29 is 73.3 Å². The average molecular weight is 1140 g/mol. The number of benzene rings is 2. The minimum atomic E-state index is -4.05. The van der Waals surface area contributed by atoms with Crippen molar-refractivity contribution in [2.45, 2.75) is 82.4 Å². The molecular weight excluding hydrogens is 1080 g/mol. The summed E-state index contributed by atoms with van der Waals surface area (Å²) in [6.07, 6.45) is 2.58. The number of allylic oxidation sites excluding steroid dienone is 2. The summed E-state index contributed by atoms with van der Waals surface area (Å²) in [5, 5.41) is 0. The molecule has 1 fully saturated rings. The van der Waals surface area contributed by atoms with Crippen LogP contribution in [0.25, 0.3) is 30.7 Å². The first-order chi connectivity index (χ1) is 36.0. The Bertz CT molecular complexity index is 3170. The van der Waals surface area contributed by atoms with Gasteiger partial charge in [-0.15, -0.1) is 45.3 Å². The first-order valence-corrected chi connectivity index (χ1v) is 30.7. The van der Waals surface area contributed by atoms with Gasteiger partial charge in [-0.05, 0) is 73.9 Å². The standard InChI is InChI=1S/C33H28O10S4.2C10H14O3S/c1-14-18-22(38-7-3-34-18)30(44-14)32-26-24(40-9-11-42-26)28(46-32)16-13-17(21-20(16)36-5-6-37-21)29-25-27(43-12-10-41-25)33(47-29)31-23-19(15(2)45-31)35-4-8-39-23;2*1-3-8(2)9-4-6-10(7-5-9)14(11,12)13/h3-13H2,1-2H3;2*4-8H,3H2,1-2H3,(H,11,12,13). The van der Waals surface area contributed by atoms with Gasteiger partial charge in [0, 0.05) is 27.3 Å². The predicted octanol–water partition coefficient (Wildman–Crippen LogP) is 12.4. The summed E-state index contributed by atoms with van der Waals surface area (Å²) in [4.78, 5) is 7.93. The molecule has 0 spiro atoms. The van der Waals surface area contributed by atoms with E-state index in [9.17, 15) is 16.8 Å². The molecule has 6 aromatic rings. The number of rotatable bonds is 10. The average Bonchev–Trinajstić information content (AvgIpc) is 4.27. The molecule has 5 aliphatic heterocycles. The third-order valence-corrected chi connectivity index (χ3v) is 19.9. The Labute approximate surface area is 451 Å². The van der Waals surface area contributed by atoms with Gasteiger partial charge in [0.2, 0.25) is 0 Å². The second-order valence-electron chi connectivity index (χ2n) is 18.1. The Balaban J connectivity index is 0.000000188. The van der Waals surface area contributed by atoms with Crippen LogP contribution < -0.4 is 37.9 Å². The lowest BCUT2D eigenvalue weighted by Gasteiger charge is -2.21. The Morgan fingerprint density at radius 3 is 0.987 bits per heavy atom. The highest BCUT2D eigenvalue weighted by atomic mass is 32.2. The van der Waals surface area contributed by atoms with Crippen molar-refractivity contribution in [3.63, 3.8) is 0 Å². The molecule has 2 unspecified atom stereocenters. The summed E-state index contributed by atoms with van der Waals surface area (Å²) >= 11 is 6.58. The van der Waals surface area contributed by atoms with Gasteiger partial charge in [-0.1, -0.05) is 52.0 Å². The second-order valence-corrected chi connectivity index (χ2v) is 25.4. The molecule has 400 valence electrons. The molecule has 16 nitrogen and oxygen atoms in total. The highest BCUT2D eigenvalue weighted by Crippen LogP contribution is 2.64. The van der Waals surface area contributed by atoms with Crippen molar-refractivity contribution in [3.8, 4) is 65.5 Å². The van der Waals surface area contributed by atoms with E-state index in [1.54, 1.807) is 69.6 Å². The van der Waals surface area contributed by atoms with Crippen LogP contribution in [0, 0.1) is 13.8 Å². The van der Waals surface area contributed by atoms with Gasteiger partial charge in [0.15, 0.2) is 57.5 Å². The summed E-state index contributed by atoms with van der Waals surface area (Å²) in [5.74, 6) is 8.42. The molecule has 12 rings (SSSR count). The third-order valence-electron chi connectivity index (χ3n) is 13.3. The maximum atomic E-state index is 10.7. The first kappa shape index (κ1) is 53.0. The van der Waals surface area contributed by atoms with Crippen molar-refractivity contribution in [1.29, 1.82) is 0 Å². The van der Waals surface area contributed by atoms with Crippen LogP contribution in [0.1, 0.15) is 89.4 Å². The number of ether oxygens (including phenoxy) is 10. The fourth-order valence-corrected chi connectivity index (χ4v) is 14.8. The number of hydrogen-bond acceptors (Lipinski definition) is 18. The Kier molecular flexibility index (Phi) is 15.4. The summed E-state index contributed by atoms with van der Waals surface area (Å²) in [5.41, 5.74) is 4.18. The van der Waals surface area contributed by atoms with E-state index < -0.39 is 20.2 Å². The summed E-state index contributed by atoms with van der Waals surface area (Å²) < 4.78 is 123. The lowest BCUT2D eigenvalue weighted by molar-refractivity contribution is 0.0635. The number of aryl methyl sites for hydroxylation is 2. The zero-order chi connectivity index (χ0) is 52.8. The number of thiophene rings is 4. The van der Waals surface area contributed by atoms with Crippen LogP contribution in [0.2, 0.25) is 0 Å². The van der Waals surface area contributed by atoms with E-state index in [2.05, 4.69) is 41.5 Å². The Morgan fingerprint density at radius 1 is 0.413 bits per heavy atom. The van der Waals surface area contributed by atoms with Crippen LogP contribution in [0.5, 0.6) is 46.0 Å². The molecule has 22 heteroatoms. The summed E-state index contributed by atoms with van der Waals surface area (Å²) in [6.45, 7) is 17.3. The van der Waals surface area contributed by atoms with E-state index in [1.165, 1.54) is 24.3 Å². The smallest absolute Gasteiger partial charge is 0.294 e. The molecule has 1 aliphatic carbocycles. The molecule has 6 aliphatic rings. The van der Waals surface area contributed by atoms with Crippen LogP contribution >= 0.6 is 45.3 Å². The SMILES string of the molecule is CCC(C)c1ccc(S(=O)(=O)O)cc1.CCC(C)c1ccc(S(=O)(=O)O)cc1.Cc1sc(-c2sc(C3=C4OCCOC4=C(c4sc(-c5sc(C)c6c5OCCO6)c5c4OCCO5)C3)c3c2OCCO3)c2c1OCCO2. The van der Waals surface area contributed by atoms with Gasteiger partial charge in [0.05, 0.1) is 39.1 Å². The Hall–Kier alpha value is -5.46. The van der Waals surface area contributed by atoms with Crippen LogP contribution in [-0.2, 0) is 29.7 Å². The zero-order valence-electron chi connectivity index (χ0n) is 42.0. The minimum Gasteiger partial charge on any atom is -0.486 e. The van der Waals surface area contributed by atoms with Crippen molar-refractivity contribution in [3.05, 3.63) is 90.7 Å². The quantitative estimate of drug-likeness (QED) is 0.123. The Morgan fingerprint density at radius 2 is 0.680 bits per heavy atom. The van der Waals surface area contributed by atoms with Crippen molar-refractivity contribution >= 4 is 76.7 Å². The van der Waals surface area contributed by atoms with Crippen LogP contribution in [0.15, 0.2) is 69.8 Å². The van der Waals surface area contributed by atoms with E-state index >= 15 is 0 Å². The van der Waals surface area contributed by atoms with Crippen molar-refractivity contribution in [2.75, 3.05) is 66.1 Å². The van der Waals surface area contributed by atoms with Crippen molar-refractivity contribution in [2.24, 2.45) is 0 Å². The molecule has 0 bridgehead atoms. The van der Waals surface area contributed by atoms with Crippen LogP contribution in [-0.4, -0.2) is 92.0 Å². The fraction of sp³-hybridized carbons (Fsp3) is 0.396. The van der Waals surface area contributed by atoms with Gasteiger partial charge >= 0.3 is 0 Å². The van der Waals surface area contributed by atoms with Crippen molar-refractivity contribution in [1.82, 2.24) is 0 Å². The monoisotopic (exact) mass is 1140 g/mol. The molecule has 9 heterocycles. The van der Waals surface area contributed by atoms with E-state index in [1.807, 2.05) is 0 Å². The summed E-state index contributed by atoms with van der Waals surface area (Å²) in [7, 11) is -8.10. The molecule has 0 amide bonds. The first-order valence-electron chi connectivity index (χ1n) is 24.6. The molecule has 4 aromatic heterocycles. The molecule has 0 radical (unpaired) electrons. The van der Waals surface area contributed by atoms with Gasteiger partial charge in [-0.2, -0.15) is 16.8 Å². The lowest BCUT2D eigenvalue weighted by atomic mass is 9.99. The molecule has 0 saturated carbocycles. The van der Waals surface area contributed by atoms with E-state index in [0.717, 1.165) is 132 Å². The lowest BCUT2D eigenvalue weighted by Crippen LogP contribution is -2.16. The third kappa shape index (κ3) is 10.6. The second kappa shape index (κ2) is 21.9. The zero-order valence-corrected chi connectivity index (χ0v) is 46.9. The van der Waals surface area contributed by atoms with E-state index in [-0.39, 0.29) is 9.79 Å². The number of fused-ring (bicyclic) bond motifs is 5. The van der Waals surface area contributed by atoms with Gasteiger partial charge in [-0.3, -0.25) is 9.11 Å². The van der Waals surface area contributed by atoms with Gasteiger partial charge in [0.25, 0.3) is 20.2 Å². The maximum Gasteiger partial charge on any atom is 0.294 e. The molecule has 1 saturated heterocycles. The number of hydrogen-bond donors (Lipinski definition) is 2. The summed E-state index contributed by atoms with van der Waals surface area (Å²) in [6, 6.07) is 12.6. The topological polar surface area (TPSA) is 201 Å². The van der Waals surface area contributed by atoms with Gasteiger partial charge in [0.1, 0.15) is 66.1 Å². The maximum absolute atomic E-state index is 10.7. The van der Waals surface area contributed by atoms with Crippen LogP contribution in [0.3, 0.4) is 0 Å². The van der Waals surface area contributed by atoms with E-state index in [4.69, 9.17) is 56.5 Å². The minimum absolute atomic E-state index is 0.0513.